The fraction of sp³-hybridized carbons (Fsp3) is 0.306. The van der Waals surface area contributed by atoms with E-state index in [9.17, 15) is 9.90 Å². The number of hydrogen-bond acceptors (Lipinski definition) is 7. The van der Waals surface area contributed by atoms with Gasteiger partial charge in [0.15, 0.2) is 17.8 Å². The summed E-state index contributed by atoms with van der Waals surface area (Å²) in [4.78, 5) is 15.1. The second kappa shape index (κ2) is 13.6. The van der Waals surface area contributed by atoms with Crippen molar-refractivity contribution in [2.75, 3.05) is 32.6 Å². The van der Waals surface area contributed by atoms with E-state index in [0.717, 1.165) is 54.2 Å². The molecule has 2 heterocycles. The molecule has 2 aliphatic heterocycles. The number of methoxy groups -OCH3 is 2. The zero-order valence-electron chi connectivity index (χ0n) is 25.1. The van der Waals surface area contributed by atoms with Crippen LogP contribution in [0.2, 0.25) is 0 Å². The molecule has 4 aromatic carbocycles. The van der Waals surface area contributed by atoms with Crippen molar-refractivity contribution in [3.8, 4) is 11.5 Å². The van der Waals surface area contributed by atoms with Gasteiger partial charge in [-0.25, -0.2) is 0 Å². The molecule has 8 heteroatoms. The number of amides is 1. The van der Waals surface area contributed by atoms with Gasteiger partial charge in [-0.05, 0) is 65.1 Å². The summed E-state index contributed by atoms with van der Waals surface area (Å²) in [7, 11) is 3.33. The first-order chi connectivity index (χ1) is 21.5. The van der Waals surface area contributed by atoms with Gasteiger partial charge < -0.3 is 29.4 Å². The average molecular weight is 595 g/mol. The molecule has 0 radical (unpaired) electrons. The van der Waals surface area contributed by atoms with Crippen LogP contribution in [-0.4, -0.2) is 49.3 Å². The van der Waals surface area contributed by atoms with Crippen molar-refractivity contribution in [1.82, 2.24) is 4.90 Å². The molecule has 0 spiro atoms. The van der Waals surface area contributed by atoms with E-state index in [-0.39, 0.29) is 24.7 Å². The summed E-state index contributed by atoms with van der Waals surface area (Å²) in [5.41, 5.74) is 6.61. The van der Waals surface area contributed by atoms with Crippen molar-refractivity contribution in [3.63, 3.8) is 0 Å². The molecule has 1 fully saturated rings. The number of ether oxygens (including phenoxy) is 4. The van der Waals surface area contributed by atoms with Gasteiger partial charge in [0.25, 0.3) is 5.91 Å². The van der Waals surface area contributed by atoms with Gasteiger partial charge in [0.2, 0.25) is 0 Å². The lowest BCUT2D eigenvalue weighted by Gasteiger charge is -2.39. The van der Waals surface area contributed by atoms with Crippen molar-refractivity contribution >= 4 is 11.6 Å². The maximum atomic E-state index is 12.6. The molecule has 0 aliphatic carbocycles. The number of hydrogen-bond donors (Lipinski definition) is 2. The van der Waals surface area contributed by atoms with E-state index in [2.05, 4.69) is 22.3 Å². The molecule has 4 aromatic rings. The van der Waals surface area contributed by atoms with Gasteiger partial charge in [-0.2, -0.15) is 0 Å². The predicted molar refractivity (Wildman–Crippen MR) is 168 cm³/mol. The molecule has 228 valence electrons. The summed E-state index contributed by atoms with van der Waals surface area (Å²) in [6, 6.07) is 28.9. The summed E-state index contributed by atoms with van der Waals surface area (Å²) >= 11 is 0. The van der Waals surface area contributed by atoms with Crippen LogP contribution in [0.1, 0.15) is 57.0 Å². The molecular weight excluding hydrogens is 556 g/mol. The minimum Gasteiger partial charge on any atom is -0.493 e. The Balaban J connectivity index is 1.19. The van der Waals surface area contributed by atoms with Gasteiger partial charge in [0, 0.05) is 42.9 Å². The van der Waals surface area contributed by atoms with Crippen molar-refractivity contribution in [2.24, 2.45) is 0 Å². The zero-order valence-corrected chi connectivity index (χ0v) is 25.1. The fourth-order valence-corrected chi connectivity index (χ4v) is 5.93. The number of fused-ring (bicyclic) bond motifs is 1. The third-order valence-corrected chi connectivity index (χ3v) is 8.35. The SMILES string of the molecule is COc1cc2c(cc1OC)CN(C[C@H]1C[C@@H](c3ccc(CO)cc3)O[C@@H](c3ccc(NC(=O)c4ccccc4)cc3)O1)CC2. The van der Waals surface area contributed by atoms with E-state index < -0.39 is 6.29 Å². The van der Waals surface area contributed by atoms with Crippen LogP contribution in [0, 0.1) is 0 Å². The predicted octanol–water partition coefficient (Wildman–Crippen LogP) is 6.05. The summed E-state index contributed by atoms with van der Waals surface area (Å²) in [5.74, 6) is 1.34. The standard InChI is InChI=1S/C36H38N2O6/c1-41-33-18-28-16-17-38(21-29(28)19-34(33)42-2)22-31-20-32(25-10-8-24(23-39)9-11-25)44-36(43-31)27-12-14-30(15-13-27)37-35(40)26-6-4-3-5-7-26/h3-15,18-19,31-32,36,39H,16-17,20-23H2,1-2H3,(H,37,40)/t31-,32+,36+/m1/s1. The Bertz CT molecular complexity index is 1560. The minimum atomic E-state index is -0.573. The van der Waals surface area contributed by atoms with Crippen LogP contribution in [0.25, 0.3) is 0 Å². The number of anilines is 1. The van der Waals surface area contributed by atoms with Crippen molar-refractivity contribution in [3.05, 3.63) is 124 Å². The Morgan fingerprint density at radius 1 is 0.886 bits per heavy atom. The second-order valence-corrected chi connectivity index (χ2v) is 11.3. The molecule has 0 bridgehead atoms. The molecule has 2 N–H and O–H groups in total. The number of benzene rings is 4. The largest absolute Gasteiger partial charge is 0.493 e. The second-order valence-electron chi connectivity index (χ2n) is 11.3. The molecule has 0 unspecified atom stereocenters. The Morgan fingerprint density at radius 3 is 2.25 bits per heavy atom. The average Bonchev–Trinajstić information content (AvgIpc) is 3.08. The van der Waals surface area contributed by atoms with E-state index in [1.165, 1.54) is 11.1 Å². The fourth-order valence-electron chi connectivity index (χ4n) is 5.93. The van der Waals surface area contributed by atoms with Crippen LogP contribution < -0.4 is 14.8 Å². The summed E-state index contributed by atoms with van der Waals surface area (Å²) in [6.07, 6.45) is 0.803. The lowest BCUT2D eigenvalue weighted by atomic mass is 9.97. The van der Waals surface area contributed by atoms with E-state index in [1.807, 2.05) is 66.7 Å². The number of carbonyl (C=O) groups excluding carboxylic acids is 1. The highest BCUT2D eigenvalue weighted by atomic mass is 16.7. The van der Waals surface area contributed by atoms with Crippen molar-refractivity contribution in [1.29, 1.82) is 0 Å². The Kier molecular flexibility index (Phi) is 9.23. The third kappa shape index (κ3) is 6.79. The summed E-state index contributed by atoms with van der Waals surface area (Å²) in [5, 5.41) is 12.5. The monoisotopic (exact) mass is 594 g/mol. The number of nitrogens with zero attached hydrogens (tertiary/aromatic N) is 1. The van der Waals surface area contributed by atoms with Crippen LogP contribution in [0.5, 0.6) is 11.5 Å². The van der Waals surface area contributed by atoms with Gasteiger partial charge in [0.1, 0.15) is 0 Å². The molecule has 44 heavy (non-hydrogen) atoms. The first-order valence-electron chi connectivity index (χ1n) is 15.0. The maximum Gasteiger partial charge on any atom is 0.255 e. The molecular formula is C36H38N2O6. The summed E-state index contributed by atoms with van der Waals surface area (Å²) in [6.45, 7) is 2.47. The van der Waals surface area contributed by atoms with Crippen LogP contribution in [0.4, 0.5) is 5.69 Å². The van der Waals surface area contributed by atoms with E-state index in [4.69, 9.17) is 18.9 Å². The molecule has 0 saturated carbocycles. The van der Waals surface area contributed by atoms with E-state index in [0.29, 0.717) is 17.7 Å². The Morgan fingerprint density at radius 2 is 1.57 bits per heavy atom. The van der Waals surface area contributed by atoms with Crippen LogP contribution in [-0.2, 0) is 29.0 Å². The van der Waals surface area contributed by atoms with Crippen LogP contribution in [0.15, 0.2) is 91.0 Å². The lowest BCUT2D eigenvalue weighted by Crippen LogP contribution is -2.41. The lowest BCUT2D eigenvalue weighted by molar-refractivity contribution is -0.253. The van der Waals surface area contributed by atoms with E-state index >= 15 is 0 Å². The van der Waals surface area contributed by atoms with Gasteiger partial charge in [-0.3, -0.25) is 9.69 Å². The topological polar surface area (TPSA) is 89.5 Å². The van der Waals surface area contributed by atoms with Gasteiger partial charge in [0.05, 0.1) is 33.0 Å². The summed E-state index contributed by atoms with van der Waals surface area (Å²) < 4.78 is 24.2. The first kappa shape index (κ1) is 29.8. The van der Waals surface area contributed by atoms with Gasteiger partial charge in [-0.15, -0.1) is 0 Å². The first-order valence-corrected chi connectivity index (χ1v) is 15.0. The Hall–Kier alpha value is -4.21. The van der Waals surface area contributed by atoms with Crippen molar-refractivity contribution in [2.45, 2.75) is 44.5 Å². The molecule has 1 amide bonds. The van der Waals surface area contributed by atoms with Gasteiger partial charge >= 0.3 is 0 Å². The Labute approximate surface area is 258 Å². The number of aliphatic hydroxyl groups is 1. The molecule has 0 aromatic heterocycles. The number of rotatable bonds is 9. The quantitative estimate of drug-likeness (QED) is 0.244. The smallest absolute Gasteiger partial charge is 0.255 e. The van der Waals surface area contributed by atoms with Gasteiger partial charge in [-0.1, -0.05) is 54.6 Å². The molecule has 1 saturated heterocycles. The highest BCUT2D eigenvalue weighted by Gasteiger charge is 2.34. The zero-order chi connectivity index (χ0) is 30.5. The van der Waals surface area contributed by atoms with Crippen molar-refractivity contribution < 1.29 is 28.8 Å². The highest BCUT2D eigenvalue weighted by Crippen LogP contribution is 2.39. The minimum absolute atomic E-state index is 0.000415. The molecule has 6 rings (SSSR count). The maximum absolute atomic E-state index is 12.6. The van der Waals surface area contributed by atoms with Crippen LogP contribution in [0.3, 0.4) is 0 Å². The number of aliphatic hydroxyl groups excluding tert-OH is 1. The number of carbonyl (C=O) groups is 1. The highest BCUT2D eigenvalue weighted by molar-refractivity contribution is 6.04. The third-order valence-electron chi connectivity index (χ3n) is 8.35. The molecule has 3 atom stereocenters. The van der Waals surface area contributed by atoms with E-state index in [1.54, 1.807) is 26.4 Å². The molecule has 8 nitrogen and oxygen atoms in total. The normalized spacial score (nSPS) is 20.0. The van der Waals surface area contributed by atoms with Crippen LogP contribution >= 0.6 is 0 Å². The molecule has 2 aliphatic rings. The number of nitrogens with one attached hydrogen (secondary N) is 1.